The van der Waals surface area contributed by atoms with Crippen LogP contribution in [-0.4, -0.2) is 40.9 Å². The van der Waals surface area contributed by atoms with Crippen molar-refractivity contribution in [1.82, 2.24) is 10.3 Å². The summed E-state index contributed by atoms with van der Waals surface area (Å²) in [6.07, 6.45) is 1.56. The highest BCUT2D eigenvalue weighted by molar-refractivity contribution is 6.45. The van der Waals surface area contributed by atoms with Crippen LogP contribution in [0.15, 0.2) is 72.9 Å². The first-order valence-electron chi connectivity index (χ1n) is 12.0. The molecule has 0 spiro atoms. The molecule has 4 aromatic rings. The number of fused-ring (bicyclic) bond motifs is 1. The third-order valence-corrected chi connectivity index (χ3v) is 6.39. The van der Waals surface area contributed by atoms with Gasteiger partial charge in [0.1, 0.15) is 11.8 Å². The summed E-state index contributed by atoms with van der Waals surface area (Å²) < 4.78 is 4.89. The number of H-pyrrole nitrogens is 1. The fourth-order valence-electron chi connectivity index (χ4n) is 4.27. The Morgan fingerprint density at radius 3 is 2.38 bits per heavy atom. The second kappa shape index (κ2) is 10.3. The zero-order valence-electron chi connectivity index (χ0n) is 21.3. The van der Waals surface area contributed by atoms with Gasteiger partial charge in [-0.05, 0) is 40.3 Å². The second-order valence-corrected chi connectivity index (χ2v) is 10.0. The Morgan fingerprint density at radius 1 is 1.00 bits per heavy atom. The van der Waals surface area contributed by atoms with Crippen LogP contribution in [0.1, 0.15) is 42.3 Å². The van der Waals surface area contributed by atoms with Crippen molar-refractivity contribution in [3.8, 4) is 16.9 Å². The monoisotopic (exact) mass is 498 g/mol. The summed E-state index contributed by atoms with van der Waals surface area (Å²) in [4.78, 5) is 41.2. The minimum absolute atomic E-state index is 0.00150. The molecule has 3 N–H and O–H groups in total. The number of phenolic OH excluding ortho intramolecular Hbond substituents is 1. The molecule has 190 valence electrons. The van der Waals surface area contributed by atoms with Crippen LogP contribution in [0.25, 0.3) is 22.0 Å². The molecule has 0 aliphatic rings. The molecule has 1 atom stereocenters. The van der Waals surface area contributed by atoms with Crippen molar-refractivity contribution in [2.75, 3.05) is 7.11 Å². The highest BCUT2D eigenvalue weighted by atomic mass is 16.5. The number of para-hydroxylation sites is 1. The number of rotatable bonds is 7. The summed E-state index contributed by atoms with van der Waals surface area (Å²) in [6.45, 7) is 6.39. The largest absolute Gasteiger partial charge is 0.507 e. The number of phenols is 1. The lowest BCUT2D eigenvalue weighted by molar-refractivity contribution is -0.144. The molecule has 1 amide bonds. The van der Waals surface area contributed by atoms with Crippen molar-refractivity contribution in [3.05, 3.63) is 89.6 Å². The van der Waals surface area contributed by atoms with Gasteiger partial charge in [0.2, 0.25) is 0 Å². The number of nitrogens with one attached hydrogen (secondary N) is 2. The molecule has 37 heavy (non-hydrogen) atoms. The van der Waals surface area contributed by atoms with E-state index in [0.29, 0.717) is 16.5 Å². The second-order valence-electron chi connectivity index (χ2n) is 10.0. The number of amides is 1. The van der Waals surface area contributed by atoms with Gasteiger partial charge in [0.15, 0.2) is 0 Å². The molecule has 0 fully saturated rings. The average molecular weight is 499 g/mol. The maximum absolute atomic E-state index is 12.9. The van der Waals surface area contributed by atoms with E-state index in [1.807, 2.05) is 30.3 Å². The molecule has 7 heteroatoms. The van der Waals surface area contributed by atoms with E-state index in [0.717, 1.165) is 11.1 Å². The molecule has 0 unspecified atom stereocenters. The highest BCUT2D eigenvalue weighted by Gasteiger charge is 2.27. The predicted octanol–water partition coefficient (Wildman–Crippen LogP) is 4.92. The average Bonchev–Trinajstić information content (AvgIpc) is 3.32. The minimum Gasteiger partial charge on any atom is -0.507 e. The van der Waals surface area contributed by atoms with E-state index in [4.69, 9.17) is 4.74 Å². The lowest BCUT2D eigenvalue weighted by Gasteiger charge is -2.19. The van der Waals surface area contributed by atoms with Gasteiger partial charge in [-0.25, -0.2) is 4.79 Å². The van der Waals surface area contributed by atoms with Gasteiger partial charge in [0, 0.05) is 29.1 Å². The molecular weight excluding hydrogens is 468 g/mol. The van der Waals surface area contributed by atoms with Crippen LogP contribution in [-0.2, 0) is 26.2 Å². The number of Topliss-reactive ketones (excluding diaryl/α,β-unsaturated/α-hetero) is 1. The molecule has 4 rings (SSSR count). The number of ketones is 1. The van der Waals surface area contributed by atoms with Crippen molar-refractivity contribution in [2.45, 2.75) is 38.6 Å². The molecule has 0 bridgehead atoms. The smallest absolute Gasteiger partial charge is 0.328 e. The molecular formula is C30H30N2O5. The van der Waals surface area contributed by atoms with Crippen molar-refractivity contribution < 1.29 is 24.2 Å². The number of hydrogen-bond acceptors (Lipinski definition) is 5. The van der Waals surface area contributed by atoms with Gasteiger partial charge in [0.05, 0.1) is 12.7 Å². The molecule has 1 heterocycles. The Labute approximate surface area is 215 Å². The van der Waals surface area contributed by atoms with Crippen LogP contribution in [0, 0.1) is 0 Å². The number of hydrogen-bond donors (Lipinski definition) is 3. The fourth-order valence-corrected chi connectivity index (χ4v) is 4.27. The number of methoxy groups -OCH3 is 1. The maximum atomic E-state index is 12.9. The number of ether oxygens (including phenoxy) is 1. The lowest BCUT2D eigenvalue weighted by Crippen LogP contribution is -2.45. The van der Waals surface area contributed by atoms with Gasteiger partial charge in [-0.2, -0.15) is 0 Å². The Bertz CT molecular complexity index is 1460. The summed E-state index contributed by atoms with van der Waals surface area (Å²) >= 11 is 0. The Hall–Kier alpha value is -4.39. The number of esters is 1. The molecule has 3 aromatic carbocycles. The van der Waals surface area contributed by atoms with Gasteiger partial charge < -0.3 is 20.1 Å². The predicted molar refractivity (Wildman–Crippen MR) is 143 cm³/mol. The maximum Gasteiger partial charge on any atom is 0.328 e. The number of aromatic nitrogens is 1. The van der Waals surface area contributed by atoms with Gasteiger partial charge in [-0.3, -0.25) is 9.59 Å². The van der Waals surface area contributed by atoms with Crippen LogP contribution in [0.3, 0.4) is 0 Å². The number of carbonyl (C=O) groups excluding carboxylic acids is 3. The summed E-state index contributed by atoms with van der Waals surface area (Å²) in [5, 5.41) is 13.7. The number of carbonyl (C=O) groups is 3. The van der Waals surface area contributed by atoms with Crippen LogP contribution in [0.2, 0.25) is 0 Å². The van der Waals surface area contributed by atoms with E-state index in [2.05, 4.69) is 31.1 Å². The standard InChI is InChI=1S/C30H30N2O5/c1-30(2,3)20-12-10-19(11-13-20)22-15-18(9-14-26(22)33)16-25(29(36)37-4)32-28(35)27(34)23-17-31-24-8-6-5-7-21(23)24/h5-15,17,25,31,33H,16H2,1-4H3,(H,32,35)/t25-/m0/s1. The Morgan fingerprint density at radius 2 is 1.70 bits per heavy atom. The summed E-state index contributed by atoms with van der Waals surface area (Å²) in [5.74, 6) is -2.24. The summed E-state index contributed by atoms with van der Waals surface area (Å²) in [6, 6.07) is 19.0. The van der Waals surface area contributed by atoms with Crippen molar-refractivity contribution in [2.24, 2.45) is 0 Å². The van der Waals surface area contributed by atoms with Gasteiger partial charge in [-0.15, -0.1) is 0 Å². The van der Waals surface area contributed by atoms with Crippen LogP contribution >= 0.6 is 0 Å². The van der Waals surface area contributed by atoms with Crippen molar-refractivity contribution in [3.63, 3.8) is 0 Å². The third-order valence-electron chi connectivity index (χ3n) is 6.39. The molecule has 7 nitrogen and oxygen atoms in total. The first-order chi connectivity index (χ1) is 17.6. The molecule has 0 radical (unpaired) electrons. The number of aromatic hydroxyl groups is 1. The zero-order valence-corrected chi connectivity index (χ0v) is 21.3. The quantitative estimate of drug-likeness (QED) is 0.190. The fraction of sp³-hybridized carbons (Fsp3) is 0.233. The minimum atomic E-state index is -1.09. The topological polar surface area (TPSA) is 108 Å². The molecule has 1 aromatic heterocycles. The first kappa shape index (κ1) is 25.7. The van der Waals surface area contributed by atoms with Gasteiger partial charge >= 0.3 is 5.97 Å². The van der Waals surface area contributed by atoms with Crippen LogP contribution in [0.4, 0.5) is 0 Å². The molecule has 0 aliphatic heterocycles. The van der Waals surface area contributed by atoms with Gasteiger partial charge in [-0.1, -0.05) is 69.3 Å². The lowest BCUT2D eigenvalue weighted by atomic mass is 9.86. The van der Waals surface area contributed by atoms with E-state index in [-0.39, 0.29) is 23.1 Å². The Kier molecular flexibility index (Phi) is 7.16. The van der Waals surface area contributed by atoms with Crippen LogP contribution < -0.4 is 5.32 Å². The highest BCUT2D eigenvalue weighted by Crippen LogP contribution is 2.32. The van der Waals surface area contributed by atoms with E-state index in [1.165, 1.54) is 18.9 Å². The van der Waals surface area contributed by atoms with E-state index < -0.39 is 23.7 Å². The summed E-state index contributed by atoms with van der Waals surface area (Å²) in [7, 11) is 1.22. The zero-order chi connectivity index (χ0) is 26.7. The SMILES string of the molecule is COC(=O)[C@H](Cc1ccc(O)c(-c2ccc(C(C)(C)C)cc2)c1)NC(=O)C(=O)c1c[nH]c2ccccc12. The van der Waals surface area contributed by atoms with Crippen molar-refractivity contribution in [1.29, 1.82) is 0 Å². The number of aromatic amines is 1. The molecule has 0 saturated carbocycles. The van der Waals surface area contributed by atoms with Crippen molar-refractivity contribution >= 4 is 28.6 Å². The third kappa shape index (κ3) is 5.56. The van der Waals surface area contributed by atoms with E-state index >= 15 is 0 Å². The summed E-state index contributed by atoms with van der Waals surface area (Å²) in [5.41, 5.74) is 4.22. The first-order valence-corrected chi connectivity index (χ1v) is 12.0. The van der Waals surface area contributed by atoms with Gasteiger partial charge in [0.25, 0.3) is 11.7 Å². The van der Waals surface area contributed by atoms with E-state index in [1.54, 1.807) is 36.4 Å². The normalized spacial score (nSPS) is 12.2. The Balaban J connectivity index is 1.56. The molecule has 0 saturated heterocycles. The number of benzene rings is 3. The van der Waals surface area contributed by atoms with E-state index in [9.17, 15) is 19.5 Å². The van der Waals surface area contributed by atoms with Crippen LogP contribution in [0.5, 0.6) is 5.75 Å². The molecule has 0 aliphatic carbocycles.